The van der Waals surface area contributed by atoms with Crippen molar-refractivity contribution in [3.05, 3.63) is 24.3 Å². The number of benzene rings is 1. The summed E-state index contributed by atoms with van der Waals surface area (Å²) in [5.41, 5.74) is 6.48. The minimum absolute atomic E-state index is 0.606. The van der Waals surface area contributed by atoms with Crippen LogP contribution in [-0.4, -0.2) is 20.1 Å². The average molecular weight is 192 g/mol. The zero-order chi connectivity index (χ0) is 10.6. The van der Waals surface area contributed by atoms with Crippen molar-refractivity contribution in [2.75, 3.05) is 19.0 Å². The molecule has 1 aromatic rings. The molecule has 0 atom stereocenters. The average Bonchev–Trinajstić information content (AvgIpc) is 2.15. The van der Waals surface area contributed by atoms with Gasteiger partial charge >= 0.3 is 6.03 Å². The summed E-state index contributed by atoms with van der Waals surface area (Å²) in [6.45, 7) is 0. The van der Waals surface area contributed by atoms with E-state index in [0.29, 0.717) is 5.69 Å². The highest BCUT2D eigenvalue weighted by atomic mass is 16.2. The fourth-order valence-corrected chi connectivity index (χ4v) is 0.924. The number of nitrogens with zero attached hydrogens (tertiary/aromatic N) is 3. The molecule has 0 radical (unpaired) electrons. The highest BCUT2D eigenvalue weighted by Crippen LogP contribution is 2.17. The summed E-state index contributed by atoms with van der Waals surface area (Å²) >= 11 is 0. The van der Waals surface area contributed by atoms with Crippen LogP contribution in [0.3, 0.4) is 0 Å². The number of anilines is 1. The SMILES string of the molecule is CN(C)c1ccc(/N=N/C(N)=O)cc1. The normalized spacial score (nSPS) is 10.4. The van der Waals surface area contributed by atoms with Crippen LogP contribution in [0, 0.1) is 0 Å². The van der Waals surface area contributed by atoms with Crippen LogP contribution in [0.5, 0.6) is 0 Å². The van der Waals surface area contributed by atoms with Gasteiger partial charge in [0.1, 0.15) is 0 Å². The molecule has 0 aliphatic carbocycles. The summed E-state index contributed by atoms with van der Waals surface area (Å²) < 4.78 is 0. The van der Waals surface area contributed by atoms with Crippen molar-refractivity contribution >= 4 is 17.4 Å². The summed E-state index contributed by atoms with van der Waals surface area (Å²) in [6, 6.07) is 6.51. The van der Waals surface area contributed by atoms with Crippen LogP contribution in [0.4, 0.5) is 16.2 Å². The molecule has 2 amide bonds. The Balaban J connectivity index is 2.78. The third-order valence-corrected chi connectivity index (χ3v) is 1.63. The van der Waals surface area contributed by atoms with Gasteiger partial charge in [-0.15, -0.1) is 5.11 Å². The van der Waals surface area contributed by atoms with Crippen LogP contribution >= 0.6 is 0 Å². The Bertz CT molecular complexity index is 342. The van der Waals surface area contributed by atoms with Gasteiger partial charge in [-0.05, 0) is 24.3 Å². The molecule has 0 aromatic heterocycles. The molecule has 0 saturated heterocycles. The Morgan fingerprint density at radius 2 is 1.86 bits per heavy atom. The van der Waals surface area contributed by atoms with Crippen molar-refractivity contribution in [2.24, 2.45) is 16.0 Å². The Hall–Kier alpha value is -1.91. The monoisotopic (exact) mass is 192 g/mol. The van der Waals surface area contributed by atoms with Crippen molar-refractivity contribution in [1.29, 1.82) is 0 Å². The number of nitrogens with two attached hydrogens (primary N) is 1. The maximum atomic E-state index is 10.3. The molecule has 14 heavy (non-hydrogen) atoms. The second-order valence-electron chi connectivity index (χ2n) is 2.95. The molecule has 0 heterocycles. The largest absolute Gasteiger partial charge is 0.378 e. The quantitative estimate of drug-likeness (QED) is 0.727. The number of azo groups is 1. The van der Waals surface area contributed by atoms with Gasteiger partial charge in [-0.3, -0.25) is 0 Å². The van der Waals surface area contributed by atoms with E-state index < -0.39 is 6.03 Å². The van der Waals surface area contributed by atoms with Crippen LogP contribution in [0.2, 0.25) is 0 Å². The maximum absolute atomic E-state index is 10.3. The molecule has 1 aromatic carbocycles. The number of primary amides is 1. The topological polar surface area (TPSA) is 71.1 Å². The molecular formula is C9H12N4O. The molecule has 74 valence electrons. The number of urea groups is 1. The number of hydrogen-bond donors (Lipinski definition) is 1. The van der Waals surface area contributed by atoms with Gasteiger partial charge in [-0.25, -0.2) is 4.79 Å². The Morgan fingerprint density at radius 1 is 1.29 bits per heavy atom. The Kier molecular flexibility index (Phi) is 3.17. The molecule has 0 spiro atoms. The summed E-state index contributed by atoms with van der Waals surface area (Å²) in [5.74, 6) is 0. The second kappa shape index (κ2) is 4.36. The second-order valence-corrected chi connectivity index (χ2v) is 2.95. The number of carbonyl (C=O) groups excluding carboxylic acids is 1. The highest BCUT2D eigenvalue weighted by molar-refractivity contribution is 5.72. The predicted molar refractivity (Wildman–Crippen MR) is 54.9 cm³/mol. The summed E-state index contributed by atoms with van der Waals surface area (Å²) in [6.07, 6.45) is 0. The molecule has 5 heteroatoms. The van der Waals surface area contributed by atoms with Gasteiger partial charge in [0.2, 0.25) is 0 Å². The summed E-state index contributed by atoms with van der Waals surface area (Å²) in [5, 5.41) is 6.86. The van der Waals surface area contributed by atoms with Gasteiger partial charge in [0, 0.05) is 19.8 Å². The molecule has 0 aliphatic heterocycles. The van der Waals surface area contributed by atoms with E-state index in [-0.39, 0.29) is 0 Å². The predicted octanol–water partition coefficient (Wildman–Crippen LogP) is 1.91. The number of amides is 2. The Morgan fingerprint density at radius 3 is 2.29 bits per heavy atom. The molecule has 0 fully saturated rings. The van der Waals surface area contributed by atoms with Gasteiger partial charge in [0.05, 0.1) is 5.69 Å². The zero-order valence-corrected chi connectivity index (χ0v) is 8.14. The third kappa shape index (κ3) is 2.85. The fraction of sp³-hybridized carbons (Fsp3) is 0.222. The fourth-order valence-electron chi connectivity index (χ4n) is 0.924. The van der Waals surface area contributed by atoms with Crippen molar-refractivity contribution in [3.8, 4) is 0 Å². The van der Waals surface area contributed by atoms with Gasteiger partial charge < -0.3 is 10.6 Å². The van der Waals surface area contributed by atoms with E-state index in [4.69, 9.17) is 5.73 Å². The first-order valence-corrected chi connectivity index (χ1v) is 4.08. The van der Waals surface area contributed by atoms with Crippen molar-refractivity contribution in [3.63, 3.8) is 0 Å². The first-order chi connectivity index (χ1) is 6.59. The van der Waals surface area contributed by atoms with E-state index in [1.54, 1.807) is 12.1 Å². The van der Waals surface area contributed by atoms with Crippen LogP contribution in [-0.2, 0) is 0 Å². The number of hydrogen-bond acceptors (Lipinski definition) is 3. The maximum Gasteiger partial charge on any atom is 0.356 e. The van der Waals surface area contributed by atoms with Crippen molar-refractivity contribution < 1.29 is 4.79 Å². The van der Waals surface area contributed by atoms with Gasteiger partial charge in [-0.1, -0.05) is 5.11 Å². The Labute approximate surface area is 82.2 Å². The molecule has 1 rings (SSSR count). The molecule has 5 nitrogen and oxygen atoms in total. The smallest absolute Gasteiger partial charge is 0.356 e. The standard InChI is InChI=1S/C9H12N4O/c1-13(2)8-5-3-7(4-6-8)11-12-9(10)14/h3-6H,1-2H3,(H2,10,14)/b12-11+. The van der Waals surface area contributed by atoms with Gasteiger partial charge in [0.25, 0.3) is 0 Å². The molecular weight excluding hydrogens is 180 g/mol. The molecule has 0 saturated carbocycles. The van der Waals surface area contributed by atoms with E-state index in [2.05, 4.69) is 10.2 Å². The molecule has 0 aliphatic rings. The van der Waals surface area contributed by atoms with Crippen molar-refractivity contribution in [1.82, 2.24) is 0 Å². The van der Waals surface area contributed by atoms with Crippen LogP contribution in [0.25, 0.3) is 0 Å². The van der Waals surface area contributed by atoms with E-state index in [0.717, 1.165) is 5.69 Å². The first kappa shape index (κ1) is 10.2. The van der Waals surface area contributed by atoms with E-state index in [1.807, 2.05) is 31.1 Å². The van der Waals surface area contributed by atoms with Crippen LogP contribution in [0.1, 0.15) is 0 Å². The van der Waals surface area contributed by atoms with Crippen LogP contribution in [0.15, 0.2) is 34.5 Å². The minimum Gasteiger partial charge on any atom is -0.378 e. The highest BCUT2D eigenvalue weighted by Gasteiger charge is 1.94. The lowest BCUT2D eigenvalue weighted by molar-refractivity contribution is 0.255. The van der Waals surface area contributed by atoms with Crippen LogP contribution < -0.4 is 10.6 Å². The van der Waals surface area contributed by atoms with Gasteiger partial charge in [-0.2, -0.15) is 0 Å². The molecule has 0 bridgehead atoms. The lowest BCUT2D eigenvalue weighted by atomic mass is 10.3. The first-order valence-electron chi connectivity index (χ1n) is 4.08. The van der Waals surface area contributed by atoms with E-state index in [9.17, 15) is 4.79 Å². The molecule has 2 N–H and O–H groups in total. The van der Waals surface area contributed by atoms with Crippen molar-refractivity contribution in [2.45, 2.75) is 0 Å². The molecule has 0 unspecified atom stereocenters. The van der Waals surface area contributed by atoms with E-state index in [1.165, 1.54) is 0 Å². The third-order valence-electron chi connectivity index (χ3n) is 1.63. The lowest BCUT2D eigenvalue weighted by Crippen LogP contribution is -2.07. The van der Waals surface area contributed by atoms with Gasteiger partial charge in [0.15, 0.2) is 0 Å². The minimum atomic E-state index is -0.790. The zero-order valence-electron chi connectivity index (χ0n) is 8.14. The summed E-state index contributed by atoms with van der Waals surface area (Å²) in [4.78, 5) is 12.3. The summed E-state index contributed by atoms with van der Waals surface area (Å²) in [7, 11) is 3.89. The van der Waals surface area contributed by atoms with E-state index >= 15 is 0 Å². The number of rotatable bonds is 2. The lowest BCUT2D eigenvalue weighted by Gasteiger charge is -2.11. The number of carbonyl (C=O) groups is 1.